The van der Waals surface area contributed by atoms with E-state index in [-0.39, 0.29) is 17.6 Å². The molecule has 0 radical (unpaired) electrons. The van der Waals surface area contributed by atoms with Crippen LogP contribution in [0.15, 0.2) is 11.5 Å². The normalized spacial score (nSPS) is 29.0. The van der Waals surface area contributed by atoms with Crippen LogP contribution in [0.3, 0.4) is 0 Å². The fraction of sp³-hybridized carbons (Fsp3) is 0.812. The van der Waals surface area contributed by atoms with E-state index in [0.717, 1.165) is 58.8 Å². The smallest absolute Gasteiger partial charge is 0.223 e. The number of morpholine rings is 1. The second-order valence-corrected chi connectivity index (χ2v) is 8.79. The minimum atomic E-state index is -3.06. The summed E-state index contributed by atoms with van der Waals surface area (Å²) in [6, 6.07) is 0. The van der Waals surface area contributed by atoms with E-state index in [1.807, 2.05) is 4.90 Å². The zero-order valence-corrected chi connectivity index (χ0v) is 14.3. The highest BCUT2D eigenvalue weighted by Gasteiger charge is 2.28. The molecule has 0 aromatic carbocycles. The van der Waals surface area contributed by atoms with Crippen molar-refractivity contribution in [3.05, 3.63) is 11.5 Å². The second-order valence-electron chi connectivity index (χ2n) is 6.86. The number of hydrogen-bond acceptors (Lipinski definition) is 5. The summed E-state index contributed by atoms with van der Waals surface area (Å²) in [7, 11) is -3.06. The molecule has 7 heteroatoms. The minimum absolute atomic E-state index is 0.0895. The van der Waals surface area contributed by atoms with Crippen LogP contribution in [0.2, 0.25) is 0 Å². The molecule has 3 aliphatic heterocycles. The van der Waals surface area contributed by atoms with Crippen molar-refractivity contribution >= 4 is 15.7 Å². The number of likely N-dealkylation sites (tertiary alicyclic amines) is 1. The average molecular weight is 342 g/mol. The van der Waals surface area contributed by atoms with Crippen LogP contribution >= 0.6 is 0 Å². The van der Waals surface area contributed by atoms with Gasteiger partial charge >= 0.3 is 0 Å². The van der Waals surface area contributed by atoms with E-state index in [1.165, 1.54) is 5.41 Å². The van der Waals surface area contributed by atoms with E-state index in [9.17, 15) is 13.2 Å². The Morgan fingerprint density at radius 1 is 1.13 bits per heavy atom. The summed E-state index contributed by atoms with van der Waals surface area (Å²) in [6.07, 6.45) is 4.08. The summed E-state index contributed by atoms with van der Waals surface area (Å²) >= 11 is 0. The maximum absolute atomic E-state index is 12.3. The zero-order valence-electron chi connectivity index (χ0n) is 13.5. The van der Waals surface area contributed by atoms with E-state index in [0.29, 0.717) is 12.3 Å². The summed E-state index contributed by atoms with van der Waals surface area (Å²) in [6.45, 7) is 6.40. The number of sulfone groups is 1. The van der Waals surface area contributed by atoms with Gasteiger partial charge in [-0.1, -0.05) is 6.08 Å². The molecule has 2 saturated heterocycles. The molecular formula is C16H26N2O4S. The Bertz CT molecular complexity index is 546. The first-order chi connectivity index (χ1) is 11.0. The van der Waals surface area contributed by atoms with Gasteiger partial charge in [-0.3, -0.25) is 9.69 Å². The van der Waals surface area contributed by atoms with Crippen molar-refractivity contribution in [2.75, 3.05) is 51.7 Å². The highest BCUT2D eigenvalue weighted by atomic mass is 32.2. The van der Waals surface area contributed by atoms with Gasteiger partial charge in [0.25, 0.3) is 0 Å². The van der Waals surface area contributed by atoms with Gasteiger partial charge in [-0.25, -0.2) is 8.42 Å². The van der Waals surface area contributed by atoms with Gasteiger partial charge in [0.05, 0.1) is 19.0 Å². The monoisotopic (exact) mass is 342 g/mol. The molecule has 3 heterocycles. The molecule has 0 bridgehead atoms. The first-order valence-corrected chi connectivity index (χ1v) is 10.2. The second kappa shape index (κ2) is 7.32. The third-order valence-electron chi connectivity index (χ3n) is 5.03. The fourth-order valence-corrected chi connectivity index (χ4v) is 5.03. The Morgan fingerprint density at radius 2 is 1.83 bits per heavy atom. The van der Waals surface area contributed by atoms with Gasteiger partial charge in [-0.2, -0.15) is 0 Å². The van der Waals surface area contributed by atoms with Gasteiger partial charge in [0, 0.05) is 50.5 Å². The minimum Gasteiger partial charge on any atom is -0.379 e. The van der Waals surface area contributed by atoms with Gasteiger partial charge in [0.2, 0.25) is 5.91 Å². The number of carbonyl (C=O) groups excluding carboxylic acids is 1. The van der Waals surface area contributed by atoms with E-state index in [1.54, 1.807) is 6.08 Å². The molecular weight excluding hydrogens is 316 g/mol. The quantitative estimate of drug-likeness (QED) is 0.744. The first-order valence-electron chi connectivity index (χ1n) is 8.51. The van der Waals surface area contributed by atoms with E-state index >= 15 is 0 Å². The lowest BCUT2D eigenvalue weighted by Crippen LogP contribution is -2.44. The number of ether oxygens (including phenoxy) is 1. The number of piperidine rings is 1. The van der Waals surface area contributed by atoms with Crippen LogP contribution in [-0.2, 0) is 19.4 Å². The fourth-order valence-electron chi connectivity index (χ4n) is 3.63. The van der Waals surface area contributed by atoms with E-state index < -0.39 is 9.84 Å². The molecule has 0 spiro atoms. The van der Waals surface area contributed by atoms with Crippen LogP contribution in [0.25, 0.3) is 0 Å². The van der Waals surface area contributed by atoms with Crippen molar-refractivity contribution in [3.8, 4) is 0 Å². The number of carbonyl (C=O) groups is 1. The number of allylic oxidation sites excluding steroid dienone is 1. The van der Waals surface area contributed by atoms with Crippen LogP contribution in [0.1, 0.15) is 19.3 Å². The number of rotatable bonds is 4. The lowest BCUT2D eigenvalue weighted by Gasteiger charge is -2.36. The van der Waals surface area contributed by atoms with Crippen LogP contribution in [-0.4, -0.2) is 75.8 Å². The molecule has 130 valence electrons. The molecule has 1 atom stereocenters. The Labute approximate surface area is 138 Å². The molecule has 0 aromatic rings. The Kier molecular flexibility index (Phi) is 5.38. The van der Waals surface area contributed by atoms with Gasteiger partial charge in [-0.15, -0.1) is 0 Å². The highest BCUT2D eigenvalue weighted by Crippen LogP contribution is 2.23. The molecule has 2 fully saturated rings. The van der Waals surface area contributed by atoms with Gasteiger partial charge in [0.1, 0.15) is 0 Å². The Hall–Kier alpha value is -0.920. The number of nitrogens with zero attached hydrogens (tertiary/aromatic N) is 2. The molecule has 1 amide bonds. The van der Waals surface area contributed by atoms with Crippen molar-refractivity contribution < 1.29 is 17.9 Å². The van der Waals surface area contributed by atoms with Crippen LogP contribution in [0.4, 0.5) is 0 Å². The van der Waals surface area contributed by atoms with Crippen molar-refractivity contribution in [1.82, 2.24) is 9.80 Å². The first kappa shape index (κ1) is 16.9. The number of amides is 1. The molecule has 6 nitrogen and oxygen atoms in total. The van der Waals surface area contributed by atoms with Crippen molar-refractivity contribution in [1.29, 1.82) is 0 Å². The maximum atomic E-state index is 12.3. The van der Waals surface area contributed by atoms with Crippen LogP contribution in [0.5, 0.6) is 0 Å². The molecule has 0 aliphatic carbocycles. The topological polar surface area (TPSA) is 66.9 Å². The molecule has 0 aromatic heterocycles. The molecule has 0 N–H and O–H groups in total. The summed E-state index contributed by atoms with van der Waals surface area (Å²) in [5.74, 6) is 0.704. The Morgan fingerprint density at radius 3 is 2.43 bits per heavy atom. The average Bonchev–Trinajstić information content (AvgIpc) is 2.88. The van der Waals surface area contributed by atoms with E-state index in [2.05, 4.69) is 4.90 Å². The summed E-state index contributed by atoms with van der Waals surface area (Å²) in [5, 5.41) is 1.25. The van der Waals surface area contributed by atoms with Crippen LogP contribution < -0.4 is 0 Å². The van der Waals surface area contributed by atoms with Crippen molar-refractivity contribution in [2.45, 2.75) is 19.3 Å². The van der Waals surface area contributed by atoms with Crippen LogP contribution in [0, 0.1) is 11.8 Å². The molecule has 0 saturated carbocycles. The van der Waals surface area contributed by atoms with Crippen molar-refractivity contribution in [3.63, 3.8) is 0 Å². The molecule has 3 aliphatic rings. The molecule has 1 unspecified atom stereocenters. The SMILES string of the molecule is O=C(CC1C=CS(=O)(=O)C1)N1CCC(CN2CCOCC2)CC1. The van der Waals surface area contributed by atoms with Gasteiger partial charge < -0.3 is 9.64 Å². The zero-order chi connectivity index (χ0) is 16.3. The van der Waals surface area contributed by atoms with Gasteiger partial charge in [-0.05, 0) is 18.8 Å². The van der Waals surface area contributed by atoms with Gasteiger partial charge in [0.15, 0.2) is 9.84 Å². The molecule has 23 heavy (non-hydrogen) atoms. The lowest BCUT2D eigenvalue weighted by atomic mass is 9.95. The lowest BCUT2D eigenvalue weighted by molar-refractivity contribution is -0.133. The van der Waals surface area contributed by atoms with Crippen molar-refractivity contribution in [2.24, 2.45) is 11.8 Å². The summed E-state index contributed by atoms with van der Waals surface area (Å²) in [4.78, 5) is 16.7. The summed E-state index contributed by atoms with van der Waals surface area (Å²) in [5.41, 5.74) is 0. The summed E-state index contributed by atoms with van der Waals surface area (Å²) < 4.78 is 28.2. The predicted molar refractivity (Wildman–Crippen MR) is 87.6 cm³/mol. The Balaban J connectivity index is 1.40. The third kappa shape index (κ3) is 4.78. The maximum Gasteiger partial charge on any atom is 0.223 e. The highest BCUT2D eigenvalue weighted by molar-refractivity contribution is 7.94. The number of hydrogen-bond donors (Lipinski definition) is 0. The standard InChI is InChI=1S/C16H26N2O4S/c19-16(11-15-3-10-23(20,21)13-15)18-4-1-14(2-5-18)12-17-6-8-22-9-7-17/h3,10,14-15H,1-2,4-9,11-13H2. The predicted octanol–water partition coefficient (Wildman–Crippen LogP) is 0.506. The molecule has 3 rings (SSSR count). The third-order valence-corrected chi connectivity index (χ3v) is 6.49. The van der Waals surface area contributed by atoms with E-state index in [4.69, 9.17) is 4.74 Å². The largest absolute Gasteiger partial charge is 0.379 e.